The summed E-state index contributed by atoms with van der Waals surface area (Å²) in [7, 11) is 3.11. The number of aryl methyl sites for hydroxylation is 1. The fourth-order valence-corrected chi connectivity index (χ4v) is 23.0. The lowest BCUT2D eigenvalue weighted by molar-refractivity contribution is -0.147. The number of rotatable bonds is 38. The zero-order valence-electron chi connectivity index (χ0n) is 82.8. The van der Waals surface area contributed by atoms with Crippen LogP contribution in [0.5, 0.6) is 0 Å². The number of primary amides is 3. The maximum atomic E-state index is 14.5. The number of methoxy groups -OCH3 is 2. The van der Waals surface area contributed by atoms with E-state index in [0.29, 0.717) is 45.4 Å². The Morgan fingerprint density at radius 3 is 1.32 bits per heavy atom. The molecule has 3 aliphatic heterocycles. The van der Waals surface area contributed by atoms with Gasteiger partial charge in [-0.15, -0.1) is 0 Å². The highest BCUT2D eigenvalue weighted by molar-refractivity contribution is 6.39. The highest BCUT2D eigenvalue weighted by Crippen LogP contribution is 2.67. The number of amides is 15. The van der Waals surface area contributed by atoms with E-state index in [1.54, 1.807) is 16.9 Å². The molecule has 35 heteroatoms. The summed E-state index contributed by atoms with van der Waals surface area (Å²) in [6, 6.07) is 6.83. The molecule has 3 heterocycles. The molecular formula is C101H152F3N15O17. The number of hydrogen-bond donors (Lipinski definition) is 12. The molecule has 0 bridgehead atoms. The van der Waals surface area contributed by atoms with Gasteiger partial charge in [0.25, 0.3) is 17.7 Å². The number of alkyl halides is 3. The molecule has 2 aromatic rings. The summed E-state index contributed by atoms with van der Waals surface area (Å²) in [5, 5.41) is 26.1. The highest BCUT2D eigenvalue weighted by atomic mass is 19.4. The van der Waals surface area contributed by atoms with Gasteiger partial charge in [0, 0.05) is 45.8 Å². The zero-order chi connectivity index (χ0) is 100. The number of piperidine rings is 3. The van der Waals surface area contributed by atoms with Gasteiger partial charge >= 0.3 is 24.3 Å². The van der Waals surface area contributed by atoms with Crippen LogP contribution in [0.25, 0.3) is 0 Å². The summed E-state index contributed by atoms with van der Waals surface area (Å²) in [4.78, 5) is 203. The first-order valence-corrected chi connectivity index (χ1v) is 49.3. The zero-order valence-corrected chi connectivity index (χ0v) is 82.8. The Balaban J connectivity index is 0.000000196. The van der Waals surface area contributed by atoms with Crippen molar-refractivity contribution >= 4 is 88.6 Å². The number of hydrogen-bond acceptors (Lipinski definition) is 17. The third-order valence-corrected chi connectivity index (χ3v) is 32.2. The van der Waals surface area contributed by atoms with E-state index in [1.165, 1.54) is 17.6 Å². The Kier molecular flexibility index (Phi) is 33.6. The number of Topliss-reactive ketones (excluding diaryl/α,β-unsaturated/α-hetero) is 3. The monoisotopic (exact) mass is 1900 g/mol. The Morgan fingerprint density at radius 2 is 0.897 bits per heavy atom. The number of likely N-dealkylation sites (tertiary alicyclic amines) is 3. The van der Waals surface area contributed by atoms with Gasteiger partial charge in [0.15, 0.2) is 0 Å². The molecule has 17 atom stereocenters. The molecule has 15 N–H and O–H groups in total. The van der Waals surface area contributed by atoms with Gasteiger partial charge in [-0.3, -0.25) is 57.5 Å². The SMILES string of the molecule is CC(C)(C)[C@H](NC(=O)NC1(CCCc2ccccc2)CCCCC1)C(=O)N1C[C@H]2[C@@H]([C@H]1C(=O)NC(CC1CC1)C(=O)C(N)=O)C2(C)C.COC[C@@H](NC(=O)N[C@H](C(=O)N1C[C@H]2[C@@H]([C@H]1C(=O)NC(CC1CC1)C(=O)C(N)=O)C2(C)C)C1(C)CCCCC1)C(C)C.COC[C@@H](NC(=O)N[C@H](C(=O)N1C[C@H]2[C@@H]([C@H]1C(=O)NC(CCC(F)(F)F)C(=O)C(N)=O)C2(C)C)C1Cc2ccccc2C1)C(C)(C)C. The van der Waals surface area contributed by atoms with Crippen LogP contribution in [0.2, 0.25) is 0 Å². The molecule has 32 nitrogen and oxygen atoms in total. The van der Waals surface area contributed by atoms with Gasteiger partial charge in [-0.05, 0) is 185 Å². The molecule has 7 saturated carbocycles. The van der Waals surface area contributed by atoms with Crippen LogP contribution in [0.4, 0.5) is 27.6 Å². The lowest BCUT2D eigenvalue weighted by atomic mass is 9.70. The smallest absolute Gasteiger partial charge is 0.383 e. The molecule has 0 radical (unpaired) electrons. The Morgan fingerprint density at radius 1 is 0.478 bits per heavy atom. The summed E-state index contributed by atoms with van der Waals surface area (Å²) in [6.45, 7) is 31.4. The Bertz CT molecular complexity index is 4700. The van der Waals surface area contributed by atoms with Crippen molar-refractivity contribution in [3.8, 4) is 0 Å². The molecule has 0 spiro atoms. The molecule has 15 amide bonds. The van der Waals surface area contributed by atoms with Crippen LogP contribution >= 0.6 is 0 Å². The number of nitrogens with zero attached hydrogens (tertiary/aromatic N) is 3. The largest absolute Gasteiger partial charge is 0.389 e. The number of halogens is 3. The molecule has 13 rings (SSSR count). The first-order valence-electron chi connectivity index (χ1n) is 49.3. The number of ether oxygens (including phenoxy) is 2. The minimum absolute atomic E-state index is 0.0765. The average molecular weight is 1910 g/mol. The molecule has 11 aliphatic rings. The van der Waals surface area contributed by atoms with Gasteiger partial charge in [-0.1, -0.05) is 223 Å². The topological polar surface area (TPSA) is 471 Å². The van der Waals surface area contributed by atoms with Gasteiger partial charge in [0.05, 0.1) is 43.4 Å². The van der Waals surface area contributed by atoms with Gasteiger partial charge < -0.3 is 89.2 Å². The lowest BCUT2D eigenvalue weighted by Crippen LogP contribution is -2.63. The van der Waals surface area contributed by atoms with E-state index in [0.717, 1.165) is 120 Å². The van der Waals surface area contributed by atoms with E-state index < -0.39 is 155 Å². The molecule has 136 heavy (non-hydrogen) atoms. The maximum absolute atomic E-state index is 14.5. The fourth-order valence-electron chi connectivity index (χ4n) is 23.0. The van der Waals surface area contributed by atoms with Crippen molar-refractivity contribution in [1.82, 2.24) is 62.6 Å². The van der Waals surface area contributed by atoms with Crippen molar-refractivity contribution < 1.29 is 94.6 Å². The summed E-state index contributed by atoms with van der Waals surface area (Å²) in [6.07, 6.45) is 11.0. The predicted molar refractivity (Wildman–Crippen MR) is 502 cm³/mol. The number of carbonyl (C=O) groups excluding carboxylic acids is 15. The molecule has 8 aliphatic carbocycles. The van der Waals surface area contributed by atoms with Crippen LogP contribution < -0.4 is 65.1 Å². The second kappa shape index (κ2) is 42.9. The van der Waals surface area contributed by atoms with Crippen molar-refractivity contribution in [3.63, 3.8) is 0 Å². The number of urea groups is 3. The molecule has 3 saturated heterocycles. The summed E-state index contributed by atoms with van der Waals surface area (Å²) < 4.78 is 49.7. The van der Waals surface area contributed by atoms with E-state index >= 15 is 0 Å². The third kappa shape index (κ3) is 25.6. The van der Waals surface area contributed by atoms with Crippen molar-refractivity contribution in [2.24, 2.45) is 109 Å². The highest BCUT2D eigenvalue weighted by Gasteiger charge is 2.73. The Labute approximate surface area is 798 Å². The van der Waals surface area contributed by atoms with Crippen molar-refractivity contribution in [2.45, 2.75) is 330 Å². The number of fused-ring (bicyclic) bond motifs is 4. The van der Waals surface area contributed by atoms with Gasteiger partial charge in [-0.2, -0.15) is 13.2 Å². The van der Waals surface area contributed by atoms with Crippen molar-refractivity contribution in [3.05, 3.63) is 71.3 Å². The van der Waals surface area contributed by atoms with Gasteiger partial charge in [0.1, 0.15) is 36.3 Å². The van der Waals surface area contributed by atoms with E-state index in [-0.39, 0.29) is 129 Å². The maximum Gasteiger partial charge on any atom is 0.389 e. The number of benzene rings is 2. The molecule has 0 aromatic heterocycles. The predicted octanol–water partition coefficient (Wildman–Crippen LogP) is 8.86. The van der Waals surface area contributed by atoms with E-state index in [9.17, 15) is 85.1 Å². The van der Waals surface area contributed by atoms with E-state index in [1.807, 2.05) is 112 Å². The minimum atomic E-state index is -4.65. The second-order valence-corrected chi connectivity index (χ2v) is 45.6. The van der Waals surface area contributed by atoms with Crippen LogP contribution in [0, 0.1) is 91.7 Å². The normalized spacial score (nSPS) is 25.6. The number of carbonyl (C=O) groups is 15. The molecule has 754 valence electrons. The number of nitrogens with two attached hydrogens (primary N) is 3. The fraction of sp³-hybridized carbons (Fsp3) is 0.733. The van der Waals surface area contributed by atoms with E-state index in [2.05, 4.69) is 94.6 Å². The van der Waals surface area contributed by atoms with Crippen LogP contribution in [0.3, 0.4) is 0 Å². The summed E-state index contributed by atoms with van der Waals surface area (Å²) in [5.41, 5.74) is 16.7. The van der Waals surface area contributed by atoms with Crippen LogP contribution in [0.15, 0.2) is 54.6 Å². The van der Waals surface area contributed by atoms with E-state index in [4.69, 9.17) is 26.7 Å². The summed E-state index contributed by atoms with van der Waals surface area (Å²) in [5.74, 6) is -9.39. The lowest BCUT2D eigenvalue weighted by Gasteiger charge is -2.43. The van der Waals surface area contributed by atoms with Crippen molar-refractivity contribution in [2.75, 3.05) is 47.1 Å². The quantitative estimate of drug-likeness (QED) is 0.0279. The molecule has 10 fully saturated rings. The first kappa shape index (κ1) is 107. The van der Waals surface area contributed by atoms with Crippen LogP contribution in [-0.4, -0.2) is 229 Å². The van der Waals surface area contributed by atoms with Crippen LogP contribution in [0.1, 0.15) is 249 Å². The number of ketones is 3. The second-order valence-electron chi connectivity index (χ2n) is 45.6. The standard InChI is InChI=1S/C37H55N5O5.C33H46F3N5O6.C31H51N5O6/c1-35(2,3)30(40-34(47)41-37(18-10-7-11-19-37)20-12-15-23-13-8-6-9-14-23)33(46)42-22-25-27(36(25,4)5)28(42)32(45)39-26(21-24-16-17-24)29(43)31(38)44;1-31(2,3)22(16-47-6)39-30(46)40-24(19-13-17-9-7-8-10-18(17)14-19)29(45)41-15-20-23(32(20,4)5)25(41)28(44)38-21(26(42)27(37)43)11-12-33(34,35)36;1-17(2)21(16-42-6)34-29(41)35-25(31(5)12-8-7-9-13-31)28(40)36-15-19-22(30(19,3)4)23(36)27(39)33-20(14-18-10-11-18)24(37)26(32)38/h6,8-9,13-14,24-28,30H,7,10-12,15-22H2,1-5H3,(H2,38,44)(H,39,45)(H2,40,41,47);7-10,19-25H,11-16H2,1-6H3,(H2,37,43)(H,38,44)(H2,39,40,46);17-23,25H,7-16H2,1-6H3,(H2,32,38)(H,33,39)(H2,34,35,41)/t25-,26?,27-,28-,30+;20-,21?,22+,23-,24-,25-;19-,20?,21+,22-,23-,25+/m000/s1. The molecular weight excluding hydrogens is 1750 g/mol. The average Bonchev–Trinajstić information content (AvgIpc) is 1.53. The van der Waals surface area contributed by atoms with Crippen molar-refractivity contribution in [1.29, 1.82) is 0 Å². The van der Waals surface area contributed by atoms with Gasteiger partial charge in [-0.25, -0.2) is 14.4 Å². The molecule has 3 unspecified atom stereocenters. The minimum Gasteiger partial charge on any atom is -0.383 e. The molecule has 2 aromatic carbocycles. The van der Waals surface area contributed by atoms with Crippen LogP contribution in [-0.2, 0) is 86.3 Å². The summed E-state index contributed by atoms with van der Waals surface area (Å²) >= 11 is 0. The van der Waals surface area contributed by atoms with Gasteiger partial charge in [0.2, 0.25) is 52.8 Å². The third-order valence-electron chi connectivity index (χ3n) is 32.2. The Hall–Kier alpha value is -9.80. The first-order chi connectivity index (χ1) is 63.6. The number of nitrogens with one attached hydrogen (secondary N) is 9.